The van der Waals surface area contributed by atoms with Crippen LogP contribution in [0, 0.1) is 0 Å². The number of carbonyl (C=O) groups is 1. The number of ether oxygens (including phenoxy) is 1. The molecule has 1 saturated heterocycles. The molecule has 21 heavy (non-hydrogen) atoms. The molecule has 6 nitrogen and oxygen atoms in total. The second-order valence-electron chi connectivity index (χ2n) is 4.86. The van der Waals surface area contributed by atoms with Gasteiger partial charge in [-0.2, -0.15) is 0 Å². The number of nitrogens with one attached hydrogen (secondary N) is 2. The van der Waals surface area contributed by atoms with Gasteiger partial charge in [0.2, 0.25) is 10.0 Å². The van der Waals surface area contributed by atoms with Crippen LogP contribution in [-0.4, -0.2) is 39.6 Å². The monoisotopic (exact) mass is 332 g/mol. The fraction of sp³-hybridized carbons (Fsp3) is 0.462. The van der Waals surface area contributed by atoms with Crippen LogP contribution < -0.4 is 10.0 Å². The number of morpholine rings is 1. The molecule has 116 valence electrons. The van der Waals surface area contributed by atoms with Crippen molar-refractivity contribution >= 4 is 27.5 Å². The molecular formula is C13H17ClN2O4S. The van der Waals surface area contributed by atoms with Gasteiger partial charge in [-0.3, -0.25) is 9.52 Å². The van der Waals surface area contributed by atoms with Crippen molar-refractivity contribution in [2.24, 2.45) is 0 Å². The number of halogens is 1. The molecule has 8 heteroatoms. The molecule has 2 rings (SSSR count). The van der Waals surface area contributed by atoms with Gasteiger partial charge >= 0.3 is 0 Å². The zero-order chi connectivity index (χ0) is 15.5. The molecule has 0 unspecified atom stereocenters. The minimum absolute atomic E-state index is 0.304. The first-order chi connectivity index (χ1) is 9.87. The lowest BCUT2D eigenvalue weighted by molar-refractivity contribution is -0.127. The van der Waals surface area contributed by atoms with E-state index in [0.717, 1.165) is 0 Å². The molecule has 1 aliphatic heterocycles. The molecule has 0 saturated carbocycles. The van der Waals surface area contributed by atoms with Crippen LogP contribution in [0.15, 0.2) is 24.3 Å². The summed E-state index contributed by atoms with van der Waals surface area (Å²) in [6.07, 6.45) is -0.375. The Morgan fingerprint density at radius 2 is 2.29 bits per heavy atom. The fourth-order valence-corrected chi connectivity index (χ4v) is 3.46. The number of sulfonamides is 1. The van der Waals surface area contributed by atoms with Gasteiger partial charge in [-0.1, -0.05) is 23.7 Å². The summed E-state index contributed by atoms with van der Waals surface area (Å²) in [5.74, 6) is -0.912. The van der Waals surface area contributed by atoms with E-state index in [1.54, 1.807) is 31.2 Å². The Balaban J connectivity index is 2.01. The maximum atomic E-state index is 12.0. The third kappa shape index (κ3) is 4.67. The van der Waals surface area contributed by atoms with Crippen LogP contribution in [-0.2, 0) is 25.3 Å². The molecule has 0 bridgehead atoms. The second kappa shape index (κ2) is 6.74. The minimum atomic E-state index is -3.78. The topological polar surface area (TPSA) is 84.5 Å². The number of hydrogen-bond donors (Lipinski definition) is 2. The Labute approximate surface area is 128 Å². The quantitative estimate of drug-likeness (QED) is 0.846. The third-order valence-corrected chi connectivity index (χ3v) is 4.56. The summed E-state index contributed by atoms with van der Waals surface area (Å²) < 4.78 is 31.5. The first kappa shape index (κ1) is 16.2. The molecule has 1 aromatic rings. The first-order valence-corrected chi connectivity index (χ1v) is 8.54. The summed E-state index contributed by atoms with van der Waals surface area (Å²) in [5, 5.41) is 3.39. The number of benzene rings is 1. The average molecular weight is 333 g/mol. The van der Waals surface area contributed by atoms with E-state index in [4.69, 9.17) is 16.3 Å². The standard InChI is InChI=1S/C13H17ClN2O4S/c1-9-12(15-5-6-20-9)13(17)16-21(18,19)8-10-3-2-4-11(14)7-10/h2-4,7,9,12,15H,5-6,8H2,1H3,(H,16,17)/t9-,12+/m1/s1. The van der Waals surface area contributed by atoms with E-state index < -0.39 is 22.0 Å². The van der Waals surface area contributed by atoms with Crippen molar-refractivity contribution in [1.82, 2.24) is 10.0 Å². The van der Waals surface area contributed by atoms with Gasteiger partial charge in [0, 0.05) is 11.6 Å². The van der Waals surface area contributed by atoms with E-state index >= 15 is 0 Å². The summed E-state index contributed by atoms with van der Waals surface area (Å²) in [6.45, 7) is 2.73. The van der Waals surface area contributed by atoms with Gasteiger partial charge in [0.1, 0.15) is 6.04 Å². The van der Waals surface area contributed by atoms with Crippen LogP contribution in [0.25, 0.3) is 0 Å². The van der Waals surface area contributed by atoms with Crippen molar-refractivity contribution in [3.63, 3.8) is 0 Å². The smallest absolute Gasteiger partial charge is 0.253 e. The van der Waals surface area contributed by atoms with Crippen LogP contribution in [0.3, 0.4) is 0 Å². The van der Waals surface area contributed by atoms with E-state index in [9.17, 15) is 13.2 Å². The number of carbonyl (C=O) groups excluding carboxylic acids is 1. The van der Waals surface area contributed by atoms with Crippen molar-refractivity contribution in [2.75, 3.05) is 13.2 Å². The van der Waals surface area contributed by atoms with Gasteiger partial charge < -0.3 is 10.1 Å². The Hall–Kier alpha value is -1.15. The van der Waals surface area contributed by atoms with Crippen LogP contribution in [0.2, 0.25) is 5.02 Å². The van der Waals surface area contributed by atoms with E-state index in [-0.39, 0.29) is 11.9 Å². The predicted molar refractivity (Wildman–Crippen MR) is 79.4 cm³/mol. The second-order valence-corrected chi connectivity index (χ2v) is 7.02. The van der Waals surface area contributed by atoms with Crippen molar-refractivity contribution < 1.29 is 17.9 Å². The van der Waals surface area contributed by atoms with Crippen LogP contribution in [0.5, 0.6) is 0 Å². The molecule has 0 radical (unpaired) electrons. The normalized spacial score (nSPS) is 22.8. The van der Waals surface area contributed by atoms with Crippen molar-refractivity contribution in [3.8, 4) is 0 Å². The molecule has 1 aliphatic rings. The Morgan fingerprint density at radius 3 is 2.95 bits per heavy atom. The Morgan fingerprint density at radius 1 is 1.52 bits per heavy atom. The summed E-state index contributed by atoms with van der Waals surface area (Å²) in [5.41, 5.74) is 0.517. The number of amides is 1. The summed E-state index contributed by atoms with van der Waals surface area (Å²) in [7, 11) is -3.78. The van der Waals surface area contributed by atoms with Gasteiger partial charge in [0.25, 0.3) is 5.91 Å². The van der Waals surface area contributed by atoms with Gasteiger partial charge in [0.05, 0.1) is 18.5 Å². The van der Waals surface area contributed by atoms with Gasteiger partial charge in [-0.15, -0.1) is 0 Å². The van der Waals surface area contributed by atoms with Crippen LogP contribution >= 0.6 is 11.6 Å². The van der Waals surface area contributed by atoms with Crippen LogP contribution in [0.1, 0.15) is 12.5 Å². The van der Waals surface area contributed by atoms with Gasteiger partial charge in [0.15, 0.2) is 0 Å². The van der Waals surface area contributed by atoms with E-state index in [0.29, 0.717) is 23.7 Å². The number of rotatable bonds is 4. The fourth-order valence-electron chi connectivity index (χ4n) is 2.13. The molecule has 1 amide bonds. The van der Waals surface area contributed by atoms with Crippen molar-refractivity contribution in [2.45, 2.75) is 24.8 Å². The molecule has 1 aromatic carbocycles. The molecule has 2 N–H and O–H groups in total. The largest absolute Gasteiger partial charge is 0.375 e. The highest BCUT2D eigenvalue weighted by Gasteiger charge is 2.30. The highest BCUT2D eigenvalue weighted by atomic mass is 35.5. The predicted octanol–water partition coefficient (Wildman–Crippen LogP) is 0.663. The minimum Gasteiger partial charge on any atom is -0.375 e. The third-order valence-electron chi connectivity index (χ3n) is 3.10. The van der Waals surface area contributed by atoms with Crippen molar-refractivity contribution in [3.05, 3.63) is 34.9 Å². The first-order valence-electron chi connectivity index (χ1n) is 6.51. The van der Waals surface area contributed by atoms with E-state index in [1.807, 2.05) is 0 Å². The SMILES string of the molecule is C[C@H]1OCCN[C@@H]1C(=O)NS(=O)(=O)Cc1cccc(Cl)c1. The van der Waals surface area contributed by atoms with Gasteiger partial charge in [-0.05, 0) is 24.6 Å². The van der Waals surface area contributed by atoms with Crippen molar-refractivity contribution in [1.29, 1.82) is 0 Å². The average Bonchev–Trinajstić information content (AvgIpc) is 2.37. The highest BCUT2D eigenvalue weighted by molar-refractivity contribution is 7.89. The Kier molecular flexibility index (Phi) is 5.21. The molecule has 0 aromatic heterocycles. The van der Waals surface area contributed by atoms with E-state index in [1.165, 1.54) is 0 Å². The summed E-state index contributed by atoms with van der Waals surface area (Å²) >= 11 is 5.81. The molecule has 1 heterocycles. The zero-order valence-corrected chi connectivity index (χ0v) is 13.1. The molecular weight excluding hydrogens is 316 g/mol. The molecule has 2 atom stereocenters. The highest BCUT2D eigenvalue weighted by Crippen LogP contribution is 2.13. The number of hydrogen-bond acceptors (Lipinski definition) is 5. The zero-order valence-electron chi connectivity index (χ0n) is 11.5. The maximum absolute atomic E-state index is 12.0. The molecule has 0 aliphatic carbocycles. The van der Waals surface area contributed by atoms with Gasteiger partial charge in [-0.25, -0.2) is 8.42 Å². The Bertz CT molecular complexity index is 620. The summed E-state index contributed by atoms with van der Waals surface area (Å²) in [4.78, 5) is 12.0. The van der Waals surface area contributed by atoms with E-state index in [2.05, 4.69) is 10.0 Å². The summed E-state index contributed by atoms with van der Waals surface area (Å²) in [6, 6.07) is 5.83. The molecule has 1 fully saturated rings. The lowest BCUT2D eigenvalue weighted by atomic mass is 10.1. The van der Waals surface area contributed by atoms with Crippen LogP contribution in [0.4, 0.5) is 0 Å². The lowest BCUT2D eigenvalue weighted by Crippen LogP contribution is -2.56. The lowest BCUT2D eigenvalue weighted by Gasteiger charge is -2.29. The maximum Gasteiger partial charge on any atom is 0.253 e. The molecule has 0 spiro atoms.